The van der Waals surface area contributed by atoms with Crippen LogP contribution in [0.1, 0.15) is 42.6 Å². The second-order valence-electron chi connectivity index (χ2n) is 6.76. The van der Waals surface area contributed by atoms with E-state index in [9.17, 15) is 4.79 Å². The topological polar surface area (TPSA) is 64.8 Å². The van der Waals surface area contributed by atoms with Crippen molar-refractivity contribution in [3.8, 4) is 0 Å². The zero-order chi connectivity index (χ0) is 15.0. The fraction of sp³-hybridized carbons (Fsp3) is 0.750. The second-order valence-corrected chi connectivity index (χ2v) is 6.76. The standard InChI is InChI=1S/C16H22N2O4/c19-15(14-10-20-11-17-14)18-5-3-16(4-6-18)7-13(9-22-16)21-8-12-1-2-12/h10-13H,1-9H2/t13-/m1/s1. The highest BCUT2D eigenvalue weighted by Crippen LogP contribution is 2.38. The van der Waals surface area contributed by atoms with Gasteiger partial charge in [0.15, 0.2) is 12.1 Å². The molecular weight excluding hydrogens is 284 g/mol. The first-order valence-electron chi connectivity index (χ1n) is 8.17. The Hall–Kier alpha value is -1.40. The predicted octanol–water partition coefficient (Wildman–Crippen LogP) is 1.86. The summed E-state index contributed by atoms with van der Waals surface area (Å²) < 4.78 is 16.9. The van der Waals surface area contributed by atoms with Gasteiger partial charge in [0.1, 0.15) is 6.26 Å². The Morgan fingerprint density at radius 2 is 2.23 bits per heavy atom. The minimum absolute atomic E-state index is 0.0527. The Morgan fingerprint density at radius 1 is 1.41 bits per heavy atom. The Balaban J connectivity index is 1.29. The molecule has 4 rings (SSSR count). The van der Waals surface area contributed by atoms with Crippen molar-refractivity contribution in [1.82, 2.24) is 9.88 Å². The number of amides is 1. The first kappa shape index (κ1) is 14.2. The van der Waals surface area contributed by atoms with Crippen LogP contribution in [0.25, 0.3) is 0 Å². The molecule has 3 heterocycles. The van der Waals surface area contributed by atoms with Crippen molar-refractivity contribution in [2.45, 2.75) is 43.8 Å². The second kappa shape index (κ2) is 5.66. The van der Waals surface area contributed by atoms with Gasteiger partial charge >= 0.3 is 0 Å². The molecule has 1 aliphatic carbocycles. The molecule has 22 heavy (non-hydrogen) atoms. The van der Waals surface area contributed by atoms with E-state index in [0.29, 0.717) is 25.4 Å². The third-order valence-corrected chi connectivity index (χ3v) is 5.05. The molecule has 1 saturated carbocycles. The molecule has 1 spiro atoms. The van der Waals surface area contributed by atoms with Crippen LogP contribution in [0.3, 0.4) is 0 Å². The molecule has 1 amide bonds. The quantitative estimate of drug-likeness (QED) is 0.849. The van der Waals surface area contributed by atoms with Gasteiger partial charge in [-0.25, -0.2) is 4.98 Å². The maximum Gasteiger partial charge on any atom is 0.275 e. The number of oxazole rings is 1. The molecule has 120 valence electrons. The average Bonchev–Trinajstić information content (AvgIpc) is 3.06. The Labute approximate surface area is 129 Å². The van der Waals surface area contributed by atoms with Gasteiger partial charge in [0.2, 0.25) is 0 Å². The van der Waals surface area contributed by atoms with Gasteiger partial charge in [0, 0.05) is 26.1 Å². The molecule has 1 aromatic rings. The summed E-state index contributed by atoms with van der Waals surface area (Å²) in [6.07, 6.45) is 8.28. The van der Waals surface area contributed by atoms with Crippen molar-refractivity contribution in [3.05, 3.63) is 18.4 Å². The summed E-state index contributed by atoms with van der Waals surface area (Å²) in [6.45, 7) is 3.01. The maximum atomic E-state index is 12.3. The van der Waals surface area contributed by atoms with Crippen LogP contribution in [0.5, 0.6) is 0 Å². The number of ether oxygens (including phenoxy) is 2. The molecule has 2 saturated heterocycles. The SMILES string of the molecule is O=C(c1cocn1)N1CCC2(CC1)C[C@@H](OCC1CC1)CO2. The zero-order valence-electron chi connectivity index (χ0n) is 12.7. The first-order valence-corrected chi connectivity index (χ1v) is 8.17. The molecule has 6 heteroatoms. The molecule has 0 unspecified atom stereocenters. The van der Waals surface area contributed by atoms with Crippen LogP contribution >= 0.6 is 0 Å². The highest BCUT2D eigenvalue weighted by molar-refractivity contribution is 5.91. The molecule has 1 aromatic heterocycles. The molecule has 6 nitrogen and oxygen atoms in total. The number of rotatable bonds is 4. The van der Waals surface area contributed by atoms with Crippen LogP contribution in [0.15, 0.2) is 17.1 Å². The number of likely N-dealkylation sites (tertiary alicyclic amines) is 1. The van der Waals surface area contributed by atoms with Crippen molar-refractivity contribution in [3.63, 3.8) is 0 Å². The smallest absolute Gasteiger partial charge is 0.275 e. The minimum Gasteiger partial charge on any atom is -0.451 e. The summed E-state index contributed by atoms with van der Waals surface area (Å²) in [5.41, 5.74) is 0.295. The van der Waals surface area contributed by atoms with E-state index in [1.807, 2.05) is 4.90 Å². The van der Waals surface area contributed by atoms with Crippen molar-refractivity contribution in [2.24, 2.45) is 5.92 Å². The number of nitrogens with zero attached hydrogens (tertiary/aromatic N) is 2. The lowest BCUT2D eigenvalue weighted by Crippen LogP contribution is -2.46. The van der Waals surface area contributed by atoms with Crippen LogP contribution in [0, 0.1) is 5.92 Å². The molecule has 3 aliphatic rings. The van der Waals surface area contributed by atoms with E-state index in [1.165, 1.54) is 25.5 Å². The number of piperidine rings is 1. The minimum atomic E-state index is -0.0885. The lowest BCUT2D eigenvalue weighted by atomic mass is 9.88. The van der Waals surface area contributed by atoms with Gasteiger partial charge < -0.3 is 18.8 Å². The molecule has 0 aromatic carbocycles. The van der Waals surface area contributed by atoms with Crippen molar-refractivity contribution in [1.29, 1.82) is 0 Å². The van der Waals surface area contributed by atoms with Gasteiger partial charge in [-0.2, -0.15) is 0 Å². The van der Waals surface area contributed by atoms with Crippen molar-refractivity contribution in [2.75, 3.05) is 26.3 Å². The molecule has 1 atom stereocenters. The van der Waals surface area contributed by atoms with E-state index < -0.39 is 0 Å². The molecule has 0 N–H and O–H groups in total. The molecular formula is C16H22N2O4. The van der Waals surface area contributed by atoms with Crippen LogP contribution in [0.2, 0.25) is 0 Å². The Bertz CT molecular complexity index is 518. The van der Waals surface area contributed by atoms with E-state index in [4.69, 9.17) is 13.9 Å². The first-order chi connectivity index (χ1) is 10.7. The zero-order valence-corrected chi connectivity index (χ0v) is 12.7. The highest BCUT2D eigenvalue weighted by atomic mass is 16.6. The molecule has 0 bridgehead atoms. The summed E-state index contributed by atoms with van der Waals surface area (Å²) >= 11 is 0. The van der Waals surface area contributed by atoms with Gasteiger partial charge in [0.05, 0.1) is 18.3 Å². The number of aromatic nitrogens is 1. The van der Waals surface area contributed by atoms with Gasteiger partial charge in [-0.15, -0.1) is 0 Å². The fourth-order valence-electron chi connectivity index (χ4n) is 3.41. The van der Waals surface area contributed by atoms with Crippen LogP contribution in [-0.4, -0.2) is 53.8 Å². The lowest BCUT2D eigenvalue weighted by molar-refractivity contribution is -0.0411. The van der Waals surface area contributed by atoms with Crippen LogP contribution < -0.4 is 0 Å². The summed E-state index contributed by atoms with van der Waals surface area (Å²) in [7, 11) is 0. The largest absolute Gasteiger partial charge is 0.451 e. The third kappa shape index (κ3) is 2.90. The van der Waals surface area contributed by atoms with Crippen LogP contribution in [0.4, 0.5) is 0 Å². The van der Waals surface area contributed by atoms with Gasteiger partial charge in [0.25, 0.3) is 5.91 Å². The van der Waals surface area contributed by atoms with Crippen molar-refractivity contribution < 1.29 is 18.7 Å². The van der Waals surface area contributed by atoms with Gasteiger partial charge in [-0.1, -0.05) is 0 Å². The number of carbonyl (C=O) groups is 1. The molecule has 2 aliphatic heterocycles. The van der Waals surface area contributed by atoms with Crippen molar-refractivity contribution >= 4 is 5.91 Å². The normalized spacial score (nSPS) is 27.5. The number of hydrogen-bond acceptors (Lipinski definition) is 5. The van der Waals surface area contributed by atoms with E-state index in [0.717, 1.165) is 31.8 Å². The molecule has 3 fully saturated rings. The van der Waals surface area contributed by atoms with Gasteiger partial charge in [-0.05, 0) is 31.6 Å². The predicted molar refractivity (Wildman–Crippen MR) is 77.4 cm³/mol. The summed E-state index contributed by atoms with van der Waals surface area (Å²) in [6, 6.07) is 0. The summed E-state index contributed by atoms with van der Waals surface area (Å²) in [5.74, 6) is 0.738. The Kier molecular flexibility index (Phi) is 3.66. The molecule has 0 radical (unpaired) electrons. The maximum absolute atomic E-state index is 12.3. The van der Waals surface area contributed by atoms with E-state index in [-0.39, 0.29) is 17.6 Å². The van der Waals surface area contributed by atoms with E-state index >= 15 is 0 Å². The summed E-state index contributed by atoms with van der Waals surface area (Å²) in [4.78, 5) is 18.0. The van der Waals surface area contributed by atoms with E-state index in [2.05, 4.69) is 4.98 Å². The highest BCUT2D eigenvalue weighted by Gasteiger charge is 2.44. The monoisotopic (exact) mass is 306 g/mol. The summed E-state index contributed by atoms with van der Waals surface area (Å²) in [5, 5.41) is 0. The van der Waals surface area contributed by atoms with Crippen LogP contribution in [-0.2, 0) is 9.47 Å². The Morgan fingerprint density at radius 3 is 2.91 bits per heavy atom. The fourth-order valence-corrected chi connectivity index (χ4v) is 3.41. The third-order valence-electron chi connectivity index (χ3n) is 5.05. The lowest BCUT2D eigenvalue weighted by Gasteiger charge is -2.38. The number of hydrogen-bond donors (Lipinski definition) is 0. The van der Waals surface area contributed by atoms with E-state index in [1.54, 1.807) is 0 Å². The van der Waals surface area contributed by atoms with Gasteiger partial charge in [-0.3, -0.25) is 4.79 Å². The average molecular weight is 306 g/mol. The number of carbonyl (C=O) groups excluding carboxylic acids is 1.